The van der Waals surface area contributed by atoms with E-state index in [4.69, 9.17) is 0 Å². The molecule has 9 nitrogen and oxygen atoms in total. The van der Waals surface area contributed by atoms with E-state index in [1.807, 2.05) is 0 Å². The van der Waals surface area contributed by atoms with Crippen LogP contribution in [0.1, 0.15) is 43.1 Å². The third-order valence-corrected chi connectivity index (χ3v) is 6.80. The van der Waals surface area contributed by atoms with Crippen molar-refractivity contribution in [1.29, 1.82) is 0 Å². The molecule has 2 heterocycles. The first-order chi connectivity index (χ1) is 12.4. The monoisotopic (exact) mass is 381 g/mol. The molecule has 2 aliphatic rings. The number of hydrogen-bond acceptors (Lipinski definition) is 6. The van der Waals surface area contributed by atoms with Crippen LogP contribution < -0.4 is 10.6 Å². The number of carbonyl (C=O) groups is 2. The number of aromatic nitrogens is 2. The van der Waals surface area contributed by atoms with Crippen molar-refractivity contribution in [2.75, 3.05) is 18.8 Å². The second-order valence-electron chi connectivity index (χ2n) is 6.79. The normalized spacial score (nSPS) is 23.4. The lowest BCUT2D eigenvalue weighted by Gasteiger charge is -2.32. The minimum atomic E-state index is -3.50. The highest BCUT2D eigenvalue weighted by molar-refractivity contribution is 7.89. The molecule has 10 heteroatoms. The minimum Gasteiger partial charge on any atom is -0.348 e. The van der Waals surface area contributed by atoms with Crippen molar-refractivity contribution in [2.24, 2.45) is 0 Å². The van der Waals surface area contributed by atoms with Crippen molar-refractivity contribution in [2.45, 2.75) is 44.2 Å². The molecule has 142 valence electrons. The highest BCUT2D eigenvalue weighted by Crippen LogP contribution is 2.32. The van der Waals surface area contributed by atoms with Gasteiger partial charge in [-0.05, 0) is 25.8 Å². The first kappa shape index (κ1) is 18.7. The fourth-order valence-corrected chi connectivity index (χ4v) is 4.76. The molecule has 0 aromatic carbocycles. The summed E-state index contributed by atoms with van der Waals surface area (Å²) in [5.41, 5.74) is -0.425. The summed E-state index contributed by atoms with van der Waals surface area (Å²) in [6, 6.07) is 0.460. The van der Waals surface area contributed by atoms with Crippen molar-refractivity contribution in [1.82, 2.24) is 24.9 Å². The SMILES string of the molecule is CCS(=O)(=O)N1CC(NC(=O)c2ccncn2)C(=O)NC2(CCCC2)C1. The van der Waals surface area contributed by atoms with Crippen molar-refractivity contribution in [3.8, 4) is 0 Å². The van der Waals surface area contributed by atoms with Gasteiger partial charge in [-0.2, -0.15) is 4.31 Å². The molecule has 1 aromatic rings. The molecule has 0 radical (unpaired) electrons. The molecule has 3 rings (SSSR count). The Kier molecular flexibility index (Phi) is 5.24. The van der Waals surface area contributed by atoms with Crippen LogP contribution in [0, 0.1) is 0 Å². The van der Waals surface area contributed by atoms with E-state index in [2.05, 4.69) is 20.6 Å². The van der Waals surface area contributed by atoms with Gasteiger partial charge in [0.25, 0.3) is 5.91 Å². The van der Waals surface area contributed by atoms with Crippen molar-refractivity contribution >= 4 is 21.8 Å². The van der Waals surface area contributed by atoms with Gasteiger partial charge in [0.2, 0.25) is 15.9 Å². The topological polar surface area (TPSA) is 121 Å². The Labute approximate surface area is 152 Å². The van der Waals surface area contributed by atoms with Crippen LogP contribution in [0.4, 0.5) is 0 Å². The number of hydrogen-bond donors (Lipinski definition) is 2. The van der Waals surface area contributed by atoms with Crippen LogP contribution >= 0.6 is 0 Å². The van der Waals surface area contributed by atoms with Crippen LogP contribution in [0.15, 0.2) is 18.6 Å². The summed E-state index contributed by atoms with van der Waals surface area (Å²) in [6.45, 7) is 1.74. The molecule has 1 aliphatic heterocycles. The quantitative estimate of drug-likeness (QED) is 0.737. The Hall–Kier alpha value is -2.07. The zero-order valence-electron chi connectivity index (χ0n) is 14.6. The molecule has 1 aromatic heterocycles. The molecule has 2 fully saturated rings. The maximum Gasteiger partial charge on any atom is 0.270 e. The van der Waals surface area contributed by atoms with Crippen LogP contribution in [0.3, 0.4) is 0 Å². The average molecular weight is 381 g/mol. The van der Waals surface area contributed by atoms with Crippen LogP contribution in [0.2, 0.25) is 0 Å². The maximum atomic E-state index is 12.7. The Bertz CT molecular complexity index is 777. The van der Waals surface area contributed by atoms with Gasteiger partial charge in [-0.25, -0.2) is 18.4 Å². The number of rotatable bonds is 4. The third-order valence-electron chi connectivity index (χ3n) is 5.01. The molecule has 1 saturated heterocycles. The number of nitrogens with one attached hydrogen (secondary N) is 2. The molecule has 1 saturated carbocycles. The van der Waals surface area contributed by atoms with E-state index >= 15 is 0 Å². The van der Waals surface area contributed by atoms with E-state index in [0.29, 0.717) is 0 Å². The zero-order valence-corrected chi connectivity index (χ0v) is 15.5. The molecular formula is C16H23N5O4S. The predicted octanol–water partition coefficient (Wildman–Crippen LogP) is -0.331. The Morgan fingerprint density at radius 3 is 2.77 bits per heavy atom. The standard InChI is InChI=1S/C16H23N5O4S/c1-2-26(24,25)21-9-13(19-14(22)12-5-8-17-11-18-12)15(23)20-16(10-21)6-3-4-7-16/h5,8,11,13H,2-4,6-7,9-10H2,1H3,(H,19,22)(H,20,23). The maximum absolute atomic E-state index is 12.7. The Morgan fingerprint density at radius 2 is 2.15 bits per heavy atom. The second-order valence-corrected chi connectivity index (χ2v) is 9.05. The fraction of sp³-hybridized carbons (Fsp3) is 0.625. The first-order valence-corrected chi connectivity index (χ1v) is 10.3. The summed E-state index contributed by atoms with van der Waals surface area (Å²) in [6.07, 6.45) is 6.03. The first-order valence-electron chi connectivity index (χ1n) is 8.72. The zero-order chi connectivity index (χ0) is 18.8. The van der Waals surface area contributed by atoms with E-state index < -0.39 is 27.5 Å². The van der Waals surface area contributed by atoms with Gasteiger partial charge < -0.3 is 10.6 Å². The van der Waals surface area contributed by atoms with Crippen LogP contribution in [0.5, 0.6) is 0 Å². The highest BCUT2D eigenvalue weighted by atomic mass is 32.2. The molecule has 2 N–H and O–H groups in total. The van der Waals surface area contributed by atoms with Gasteiger partial charge in [-0.3, -0.25) is 9.59 Å². The Balaban J connectivity index is 1.85. The summed E-state index contributed by atoms with van der Waals surface area (Å²) in [7, 11) is -3.50. The van der Waals surface area contributed by atoms with Gasteiger partial charge in [-0.1, -0.05) is 12.8 Å². The molecular weight excluding hydrogens is 358 g/mol. The molecule has 2 amide bonds. The summed E-state index contributed by atoms with van der Waals surface area (Å²) < 4.78 is 26.4. The molecule has 1 spiro atoms. The van der Waals surface area contributed by atoms with E-state index in [9.17, 15) is 18.0 Å². The summed E-state index contributed by atoms with van der Waals surface area (Å²) >= 11 is 0. The third kappa shape index (κ3) is 3.85. The van der Waals surface area contributed by atoms with E-state index in [1.165, 1.54) is 22.9 Å². The van der Waals surface area contributed by atoms with Gasteiger partial charge in [0.05, 0.1) is 11.3 Å². The smallest absolute Gasteiger partial charge is 0.270 e. The summed E-state index contributed by atoms with van der Waals surface area (Å²) in [5.74, 6) is -0.948. The average Bonchev–Trinajstić information content (AvgIpc) is 3.03. The fourth-order valence-electron chi connectivity index (χ4n) is 3.57. The van der Waals surface area contributed by atoms with E-state index in [0.717, 1.165) is 25.7 Å². The van der Waals surface area contributed by atoms with Gasteiger partial charge >= 0.3 is 0 Å². The van der Waals surface area contributed by atoms with Crippen LogP contribution in [-0.2, 0) is 14.8 Å². The lowest BCUT2D eigenvalue weighted by molar-refractivity contribution is -0.124. The summed E-state index contributed by atoms with van der Waals surface area (Å²) in [4.78, 5) is 32.7. The van der Waals surface area contributed by atoms with Gasteiger partial charge in [-0.15, -0.1) is 0 Å². The largest absolute Gasteiger partial charge is 0.348 e. The van der Waals surface area contributed by atoms with Crippen LogP contribution in [0.25, 0.3) is 0 Å². The number of carbonyl (C=O) groups excluding carboxylic acids is 2. The number of nitrogens with zero attached hydrogens (tertiary/aromatic N) is 3. The van der Waals surface area contributed by atoms with Gasteiger partial charge in [0.15, 0.2) is 0 Å². The lowest BCUT2D eigenvalue weighted by Crippen LogP contribution is -2.54. The van der Waals surface area contributed by atoms with E-state index in [1.54, 1.807) is 6.92 Å². The second kappa shape index (κ2) is 7.28. The minimum absolute atomic E-state index is 0.0517. The Morgan fingerprint density at radius 1 is 1.42 bits per heavy atom. The van der Waals surface area contributed by atoms with Crippen LogP contribution in [-0.4, -0.2) is 64.9 Å². The predicted molar refractivity (Wildman–Crippen MR) is 93.7 cm³/mol. The molecule has 1 unspecified atom stereocenters. The van der Waals surface area contributed by atoms with Crippen molar-refractivity contribution in [3.63, 3.8) is 0 Å². The molecule has 0 bridgehead atoms. The lowest BCUT2D eigenvalue weighted by atomic mass is 9.98. The molecule has 1 aliphatic carbocycles. The van der Waals surface area contributed by atoms with Gasteiger partial charge in [0, 0.05) is 19.3 Å². The van der Waals surface area contributed by atoms with Crippen molar-refractivity contribution < 1.29 is 18.0 Å². The van der Waals surface area contributed by atoms with Crippen molar-refractivity contribution in [3.05, 3.63) is 24.3 Å². The summed E-state index contributed by atoms with van der Waals surface area (Å²) in [5, 5.41) is 5.60. The van der Waals surface area contributed by atoms with E-state index in [-0.39, 0.29) is 30.4 Å². The van der Waals surface area contributed by atoms with Gasteiger partial charge in [0.1, 0.15) is 18.1 Å². The molecule has 26 heavy (non-hydrogen) atoms. The highest BCUT2D eigenvalue weighted by Gasteiger charge is 2.45. The molecule has 1 atom stereocenters. The number of sulfonamides is 1. The number of amides is 2.